The van der Waals surface area contributed by atoms with Crippen LogP contribution in [0.1, 0.15) is 48.2 Å². The summed E-state index contributed by atoms with van der Waals surface area (Å²) < 4.78 is 0. The highest BCUT2D eigenvalue weighted by Gasteiger charge is 2.26. The Balaban J connectivity index is 1.61. The Labute approximate surface area is 180 Å². The molecule has 0 radical (unpaired) electrons. The highest BCUT2D eigenvalue weighted by Crippen LogP contribution is 2.18. The number of piperidine rings is 1. The first-order valence-electron chi connectivity index (χ1n) is 10.7. The fourth-order valence-corrected chi connectivity index (χ4v) is 3.81. The predicted molar refractivity (Wildman–Crippen MR) is 121 cm³/mol. The van der Waals surface area contributed by atoms with Gasteiger partial charge < -0.3 is 14.9 Å². The molecule has 4 nitrogen and oxygen atoms in total. The van der Waals surface area contributed by atoms with Crippen LogP contribution in [-0.2, 0) is 6.42 Å². The second-order valence-electron chi connectivity index (χ2n) is 8.64. The zero-order chi connectivity index (χ0) is 21.6. The van der Waals surface area contributed by atoms with Crippen LogP contribution in [0.25, 0.3) is 0 Å². The van der Waals surface area contributed by atoms with E-state index in [-0.39, 0.29) is 11.9 Å². The molecule has 1 heterocycles. The van der Waals surface area contributed by atoms with Gasteiger partial charge in [-0.15, -0.1) is 0 Å². The number of aliphatic hydroxyl groups is 1. The number of nitrogens with zero attached hydrogens (tertiary/aromatic N) is 2. The molecule has 1 amide bonds. The first-order chi connectivity index (χ1) is 14.3. The minimum atomic E-state index is -1.05. The maximum Gasteiger partial charge on any atom is 0.253 e. The van der Waals surface area contributed by atoms with E-state index in [4.69, 9.17) is 0 Å². The summed E-state index contributed by atoms with van der Waals surface area (Å²) in [4.78, 5) is 17.4. The second kappa shape index (κ2) is 9.93. The van der Waals surface area contributed by atoms with E-state index in [1.165, 1.54) is 5.56 Å². The Hall–Kier alpha value is -2.61. The Kier molecular flexibility index (Phi) is 7.31. The van der Waals surface area contributed by atoms with Crippen molar-refractivity contribution in [1.29, 1.82) is 0 Å². The van der Waals surface area contributed by atoms with E-state index in [1.807, 2.05) is 42.3 Å². The van der Waals surface area contributed by atoms with E-state index in [9.17, 15) is 9.90 Å². The van der Waals surface area contributed by atoms with Crippen molar-refractivity contribution in [3.8, 4) is 11.8 Å². The van der Waals surface area contributed by atoms with E-state index in [0.717, 1.165) is 44.5 Å². The topological polar surface area (TPSA) is 43.8 Å². The third-order valence-corrected chi connectivity index (χ3v) is 5.53. The minimum Gasteiger partial charge on any atom is -0.378 e. The molecular weight excluding hydrogens is 372 g/mol. The normalized spacial score (nSPS) is 17.1. The fourth-order valence-electron chi connectivity index (χ4n) is 3.81. The molecule has 1 aliphatic heterocycles. The second-order valence-corrected chi connectivity index (χ2v) is 8.64. The quantitative estimate of drug-likeness (QED) is 0.775. The van der Waals surface area contributed by atoms with E-state index in [0.29, 0.717) is 5.56 Å². The molecule has 0 spiro atoms. The van der Waals surface area contributed by atoms with Crippen molar-refractivity contribution >= 4 is 5.91 Å². The van der Waals surface area contributed by atoms with Gasteiger partial charge in [-0.3, -0.25) is 4.79 Å². The van der Waals surface area contributed by atoms with Crippen molar-refractivity contribution < 1.29 is 9.90 Å². The van der Waals surface area contributed by atoms with Gasteiger partial charge in [0.25, 0.3) is 5.91 Å². The van der Waals surface area contributed by atoms with Crippen LogP contribution in [-0.4, -0.2) is 59.1 Å². The Bertz CT molecular complexity index is 906. The Morgan fingerprint density at radius 1 is 1.20 bits per heavy atom. The highest BCUT2D eigenvalue weighted by molar-refractivity contribution is 5.94. The maximum absolute atomic E-state index is 13.1. The molecule has 4 heteroatoms. The number of carbonyl (C=O) groups excluding carboxylic acids is 1. The molecule has 0 bridgehead atoms. The summed E-state index contributed by atoms with van der Waals surface area (Å²) in [6.45, 7) is 6.32. The number of hydrogen-bond acceptors (Lipinski definition) is 3. The van der Waals surface area contributed by atoms with Crippen molar-refractivity contribution in [3.05, 3.63) is 71.3 Å². The van der Waals surface area contributed by atoms with Gasteiger partial charge in [-0.1, -0.05) is 48.2 Å². The van der Waals surface area contributed by atoms with Crippen LogP contribution in [0.15, 0.2) is 54.6 Å². The lowest BCUT2D eigenvalue weighted by Gasteiger charge is -2.37. The lowest BCUT2D eigenvalue weighted by atomic mass is 10.0. The average Bonchev–Trinajstić information content (AvgIpc) is 2.76. The minimum absolute atomic E-state index is 0.0248. The van der Waals surface area contributed by atoms with Crippen LogP contribution in [0.3, 0.4) is 0 Å². The summed E-state index contributed by atoms with van der Waals surface area (Å²) in [6, 6.07) is 18.1. The van der Waals surface area contributed by atoms with Crippen LogP contribution in [0, 0.1) is 11.8 Å². The molecule has 3 rings (SSSR count). The molecule has 1 aliphatic rings. The number of hydrogen-bond donors (Lipinski definition) is 1. The number of likely N-dealkylation sites (tertiary alicyclic amines) is 1. The Morgan fingerprint density at radius 2 is 1.97 bits per heavy atom. The molecule has 2 aromatic rings. The molecule has 1 N–H and O–H groups in total. The number of amides is 1. The van der Waals surface area contributed by atoms with Crippen LogP contribution < -0.4 is 0 Å². The van der Waals surface area contributed by atoms with E-state index >= 15 is 0 Å². The monoisotopic (exact) mass is 404 g/mol. The zero-order valence-corrected chi connectivity index (χ0v) is 18.3. The molecule has 30 heavy (non-hydrogen) atoms. The highest BCUT2D eigenvalue weighted by atomic mass is 16.3. The molecule has 158 valence electrons. The van der Waals surface area contributed by atoms with Gasteiger partial charge in [0.15, 0.2) is 0 Å². The van der Waals surface area contributed by atoms with E-state index in [2.05, 4.69) is 41.0 Å². The molecule has 0 saturated carbocycles. The van der Waals surface area contributed by atoms with Crippen LogP contribution in [0.4, 0.5) is 0 Å². The van der Waals surface area contributed by atoms with Crippen molar-refractivity contribution in [2.45, 2.75) is 44.8 Å². The zero-order valence-electron chi connectivity index (χ0n) is 18.3. The standard InChI is InChI=1S/C26H32N2O2/c1-26(2,30)16-14-22-11-7-12-23(19-22)25(29)27(3)24-13-8-17-28(20-24)18-15-21-9-5-4-6-10-21/h4-7,9-12,19,24,30H,8,13,15,17-18,20H2,1-3H3. The average molecular weight is 405 g/mol. The molecular formula is C26H32N2O2. The van der Waals surface area contributed by atoms with E-state index in [1.54, 1.807) is 13.8 Å². The smallest absolute Gasteiger partial charge is 0.253 e. The van der Waals surface area contributed by atoms with Crippen molar-refractivity contribution in [3.63, 3.8) is 0 Å². The van der Waals surface area contributed by atoms with Gasteiger partial charge in [0.2, 0.25) is 0 Å². The lowest BCUT2D eigenvalue weighted by Crippen LogP contribution is -2.49. The van der Waals surface area contributed by atoms with Gasteiger partial charge in [-0.2, -0.15) is 0 Å². The molecule has 1 fully saturated rings. The van der Waals surface area contributed by atoms with Crippen LogP contribution >= 0.6 is 0 Å². The summed E-state index contributed by atoms with van der Waals surface area (Å²) in [6.07, 6.45) is 3.17. The Morgan fingerprint density at radius 3 is 2.70 bits per heavy atom. The van der Waals surface area contributed by atoms with Gasteiger partial charge >= 0.3 is 0 Å². The summed E-state index contributed by atoms with van der Waals surface area (Å²) in [7, 11) is 1.91. The molecule has 2 aromatic carbocycles. The first-order valence-corrected chi connectivity index (χ1v) is 10.7. The maximum atomic E-state index is 13.1. The fraction of sp³-hybridized carbons (Fsp3) is 0.423. The van der Waals surface area contributed by atoms with Crippen LogP contribution in [0.5, 0.6) is 0 Å². The van der Waals surface area contributed by atoms with Crippen LogP contribution in [0.2, 0.25) is 0 Å². The summed E-state index contributed by atoms with van der Waals surface area (Å²) >= 11 is 0. The molecule has 0 aliphatic carbocycles. The van der Waals surface area contributed by atoms with Crippen molar-refractivity contribution in [2.24, 2.45) is 0 Å². The van der Waals surface area contributed by atoms with Gasteiger partial charge in [-0.25, -0.2) is 0 Å². The number of likely N-dealkylation sites (N-methyl/N-ethyl adjacent to an activating group) is 1. The summed E-state index contributed by atoms with van der Waals surface area (Å²) in [5.41, 5.74) is 1.68. The number of rotatable bonds is 5. The molecule has 1 saturated heterocycles. The van der Waals surface area contributed by atoms with Gasteiger partial charge in [0.05, 0.1) is 0 Å². The lowest BCUT2D eigenvalue weighted by molar-refractivity contribution is 0.0619. The van der Waals surface area contributed by atoms with Gasteiger partial charge in [0, 0.05) is 37.3 Å². The summed E-state index contributed by atoms with van der Waals surface area (Å²) in [5, 5.41) is 9.80. The SMILES string of the molecule is CN(C(=O)c1cccc(C#CC(C)(C)O)c1)C1CCCN(CCc2ccccc2)C1. The van der Waals surface area contributed by atoms with Crippen molar-refractivity contribution in [1.82, 2.24) is 9.80 Å². The predicted octanol–water partition coefficient (Wildman–Crippen LogP) is 3.59. The molecule has 0 aromatic heterocycles. The third kappa shape index (κ3) is 6.45. The summed E-state index contributed by atoms with van der Waals surface area (Å²) in [5.74, 6) is 5.79. The molecule has 1 unspecified atom stereocenters. The largest absolute Gasteiger partial charge is 0.378 e. The van der Waals surface area contributed by atoms with Gasteiger partial charge in [0.1, 0.15) is 5.60 Å². The molecule has 1 atom stereocenters. The van der Waals surface area contributed by atoms with Crippen molar-refractivity contribution in [2.75, 3.05) is 26.7 Å². The third-order valence-electron chi connectivity index (χ3n) is 5.53. The number of carbonyl (C=O) groups is 1. The first kappa shape index (κ1) is 22.1. The number of benzene rings is 2. The van der Waals surface area contributed by atoms with E-state index < -0.39 is 5.60 Å². The van der Waals surface area contributed by atoms with Gasteiger partial charge in [-0.05, 0) is 63.4 Å².